The third-order valence-electron chi connectivity index (χ3n) is 5.88. The van der Waals surface area contributed by atoms with Gasteiger partial charge in [0.2, 0.25) is 5.91 Å². The lowest BCUT2D eigenvalue weighted by Gasteiger charge is -2.24. The van der Waals surface area contributed by atoms with Crippen molar-refractivity contribution in [3.63, 3.8) is 0 Å². The van der Waals surface area contributed by atoms with Crippen molar-refractivity contribution in [1.29, 1.82) is 0 Å². The zero-order valence-electron chi connectivity index (χ0n) is 18.8. The average molecular weight is 472 g/mol. The third-order valence-corrected chi connectivity index (χ3v) is 6.90. The van der Waals surface area contributed by atoms with E-state index in [1.54, 1.807) is 35.8 Å². The topological polar surface area (TPSA) is 99.5 Å². The van der Waals surface area contributed by atoms with Gasteiger partial charge in [-0.2, -0.15) is 4.98 Å². The van der Waals surface area contributed by atoms with Gasteiger partial charge in [-0.15, -0.1) is 0 Å². The summed E-state index contributed by atoms with van der Waals surface area (Å²) in [7, 11) is 0. The zero-order chi connectivity index (χ0) is 23.2. The Labute approximate surface area is 197 Å². The second-order valence-electron chi connectivity index (χ2n) is 8.21. The number of thioether (sulfide) groups is 1. The third kappa shape index (κ3) is 5.83. The van der Waals surface area contributed by atoms with Crippen LogP contribution in [0.2, 0.25) is 0 Å². The SMILES string of the molecule is CCOC(=O)c1ccc(NC(=O)CSc2nc(=O)n(CC3CCCO3)c3c2CCCC3)cc1. The fourth-order valence-electron chi connectivity index (χ4n) is 4.28. The molecule has 0 spiro atoms. The first kappa shape index (κ1) is 23.5. The molecular weight excluding hydrogens is 442 g/mol. The number of ether oxygens (including phenoxy) is 2. The molecule has 1 aliphatic carbocycles. The minimum absolute atomic E-state index is 0.0787. The van der Waals surface area contributed by atoms with E-state index in [0.29, 0.717) is 29.4 Å². The van der Waals surface area contributed by atoms with Crippen molar-refractivity contribution in [2.45, 2.75) is 63.1 Å². The van der Waals surface area contributed by atoms with Crippen molar-refractivity contribution < 1.29 is 19.1 Å². The molecule has 9 heteroatoms. The molecule has 1 atom stereocenters. The number of fused-ring (bicyclic) bond motifs is 1. The predicted octanol–water partition coefficient (Wildman–Crippen LogP) is 3.21. The lowest BCUT2D eigenvalue weighted by atomic mass is 9.97. The Morgan fingerprint density at radius 1 is 1.21 bits per heavy atom. The van der Waals surface area contributed by atoms with Crippen molar-refractivity contribution in [2.75, 3.05) is 24.3 Å². The van der Waals surface area contributed by atoms with E-state index < -0.39 is 5.97 Å². The quantitative estimate of drug-likeness (QED) is 0.358. The Morgan fingerprint density at radius 3 is 2.73 bits per heavy atom. The lowest BCUT2D eigenvalue weighted by Crippen LogP contribution is -2.34. The van der Waals surface area contributed by atoms with Crippen molar-refractivity contribution in [2.24, 2.45) is 0 Å². The maximum absolute atomic E-state index is 12.8. The molecule has 2 aliphatic rings. The number of nitrogens with one attached hydrogen (secondary N) is 1. The molecule has 0 bridgehead atoms. The molecule has 2 heterocycles. The number of carbonyl (C=O) groups excluding carboxylic acids is 2. The Morgan fingerprint density at radius 2 is 2.00 bits per heavy atom. The van der Waals surface area contributed by atoms with Gasteiger partial charge in [0, 0.05) is 23.6 Å². The van der Waals surface area contributed by atoms with Crippen LogP contribution in [0.1, 0.15) is 54.2 Å². The zero-order valence-corrected chi connectivity index (χ0v) is 19.6. The van der Waals surface area contributed by atoms with Crippen LogP contribution in [0.4, 0.5) is 5.69 Å². The predicted molar refractivity (Wildman–Crippen MR) is 126 cm³/mol. The molecule has 0 radical (unpaired) electrons. The number of amides is 1. The summed E-state index contributed by atoms with van der Waals surface area (Å²) < 4.78 is 12.5. The van der Waals surface area contributed by atoms with E-state index in [-0.39, 0.29) is 23.5 Å². The molecule has 1 N–H and O–H groups in total. The van der Waals surface area contributed by atoms with Gasteiger partial charge >= 0.3 is 11.7 Å². The summed E-state index contributed by atoms with van der Waals surface area (Å²) in [5, 5.41) is 3.48. The maximum Gasteiger partial charge on any atom is 0.348 e. The second-order valence-corrected chi connectivity index (χ2v) is 9.18. The number of rotatable bonds is 8. The van der Waals surface area contributed by atoms with E-state index in [0.717, 1.165) is 56.4 Å². The molecule has 33 heavy (non-hydrogen) atoms. The Hall–Kier alpha value is -2.65. The first-order valence-corrected chi connectivity index (χ1v) is 12.5. The van der Waals surface area contributed by atoms with Gasteiger partial charge in [-0.3, -0.25) is 9.36 Å². The van der Waals surface area contributed by atoms with Crippen LogP contribution < -0.4 is 11.0 Å². The van der Waals surface area contributed by atoms with Crippen LogP contribution in [0.3, 0.4) is 0 Å². The first-order valence-electron chi connectivity index (χ1n) is 11.5. The molecule has 1 saturated heterocycles. The van der Waals surface area contributed by atoms with Gasteiger partial charge < -0.3 is 14.8 Å². The van der Waals surface area contributed by atoms with Crippen molar-refractivity contribution in [1.82, 2.24) is 9.55 Å². The molecule has 1 aromatic heterocycles. The highest BCUT2D eigenvalue weighted by Gasteiger charge is 2.24. The van der Waals surface area contributed by atoms with E-state index in [4.69, 9.17) is 9.47 Å². The summed E-state index contributed by atoms with van der Waals surface area (Å²) in [6.07, 6.45) is 5.91. The summed E-state index contributed by atoms with van der Waals surface area (Å²) in [6.45, 7) is 3.37. The van der Waals surface area contributed by atoms with Crippen LogP contribution in [0.25, 0.3) is 0 Å². The molecule has 1 unspecified atom stereocenters. The molecule has 1 amide bonds. The van der Waals surface area contributed by atoms with Crippen LogP contribution in [0.15, 0.2) is 34.1 Å². The Kier molecular flexibility index (Phi) is 7.82. The highest BCUT2D eigenvalue weighted by Crippen LogP contribution is 2.29. The van der Waals surface area contributed by atoms with Crippen LogP contribution in [0.5, 0.6) is 0 Å². The van der Waals surface area contributed by atoms with Gasteiger partial charge in [-0.1, -0.05) is 11.8 Å². The number of carbonyl (C=O) groups is 2. The number of benzene rings is 1. The molecule has 4 rings (SSSR count). The number of aromatic nitrogens is 2. The summed E-state index contributed by atoms with van der Waals surface area (Å²) in [6, 6.07) is 6.57. The molecule has 1 aliphatic heterocycles. The smallest absolute Gasteiger partial charge is 0.348 e. The highest BCUT2D eigenvalue weighted by atomic mass is 32.2. The normalized spacial score (nSPS) is 17.4. The highest BCUT2D eigenvalue weighted by molar-refractivity contribution is 8.00. The van der Waals surface area contributed by atoms with Crippen molar-refractivity contribution >= 4 is 29.3 Å². The standard InChI is InChI=1S/C24H29N3O5S/c1-2-31-23(29)16-9-11-17(12-10-16)25-21(28)15-33-22-19-7-3-4-8-20(19)27(24(30)26-22)14-18-6-5-13-32-18/h9-12,18H,2-8,13-15H2,1H3,(H,25,28). The molecule has 1 fully saturated rings. The Balaban J connectivity index is 1.41. The molecule has 0 saturated carbocycles. The van der Waals surface area contributed by atoms with E-state index in [2.05, 4.69) is 10.3 Å². The number of hydrogen-bond donors (Lipinski definition) is 1. The fourth-order valence-corrected chi connectivity index (χ4v) is 5.16. The minimum Gasteiger partial charge on any atom is -0.462 e. The number of hydrogen-bond acceptors (Lipinski definition) is 7. The molecular formula is C24H29N3O5S. The number of nitrogens with zero attached hydrogens (tertiary/aromatic N) is 2. The molecule has 2 aromatic rings. The van der Waals surface area contributed by atoms with Crippen LogP contribution in [0, 0.1) is 0 Å². The molecule has 1 aromatic carbocycles. The van der Waals surface area contributed by atoms with Gasteiger partial charge in [0.25, 0.3) is 0 Å². The fraction of sp³-hybridized carbons (Fsp3) is 0.500. The van der Waals surface area contributed by atoms with Crippen molar-refractivity contribution in [3.8, 4) is 0 Å². The largest absolute Gasteiger partial charge is 0.462 e. The van der Waals surface area contributed by atoms with Gasteiger partial charge in [-0.05, 0) is 69.7 Å². The Bertz CT molecular complexity index is 1060. The van der Waals surface area contributed by atoms with Gasteiger partial charge in [0.05, 0.1) is 30.6 Å². The monoisotopic (exact) mass is 471 g/mol. The lowest BCUT2D eigenvalue weighted by molar-refractivity contribution is -0.113. The van der Waals surface area contributed by atoms with Gasteiger partial charge in [0.1, 0.15) is 5.03 Å². The summed E-state index contributed by atoms with van der Waals surface area (Å²) in [5.74, 6) is -0.441. The summed E-state index contributed by atoms with van der Waals surface area (Å²) >= 11 is 1.30. The van der Waals surface area contributed by atoms with Crippen LogP contribution in [-0.2, 0) is 33.7 Å². The van der Waals surface area contributed by atoms with Crippen LogP contribution in [-0.4, -0.2) is 46.5 Å². The number of anilines is 1. The molecule has 8 nitrogen and oxygen atoms in total. The van der Waals surface area contributed by atoms with E-state index in [1.165, 1.54) is 11.8 Å². The van der Waals surface area contributed by atoms with Gasteiger partial charge in [0.15, 0.2) is 0 Å². The number of esters is 1. The average Bonchev–Trinajstić information content (AvgIpc) is 3.34. The van der Waals surface area contributed by atoms with Crippen molar-refractivity contribution in [3.05, 3.63) is 51.6 Å². The second kappa shape index (κ2) is 11.0. The first-order chi connectivity index (χ1) is 16.0. The summed E-state index contributed by atoms with van der Waals surface area (Å²) in [5.41, 5.74) is 2.91. The van der Waals surface area contributed by atoms with E-state index in [1.807, 2.05) is 0 Å². The van der Waals surface area contributed by atoms with E-state index >= 15 is 0 Å². The van der Waals surface area contributed by atoms with E-state index in [9.17, 15) is 14.4 Å². The summed E-state index contributed by atoms with van der Waals surface area (Å²) in [4.78, 5) is 41.4. The molecule has 176 valence electrons. The van der Waals surface area contributed by atoms with Crippen LogP contribution >= 0.6 is 11.8 Å². The minimum atomic E-state index is -0.393. The van der Waals surface area contributed by atoms with Gasteiger partial charge in [-0.25, -0.2) is 9.59 Å². The maximum atomic E-state index is 12.8.